The van der Waals surface area contributed by atoms with Crippen molar-refractivity contribution in [1.29, 1.82) is 0 Å². The van der Waals surface area contributed by atoms with E-state index in [0.717, 1.165) is 43.4 Å². The smallest absolute Gasteiger partial charge is 0.274 e. The largest absolute Gasteiger partial charge is 0.378 e. The van der Waals surface area contributed by atoms with Gasteiger partial charge >= 0.3 is 0 Å². The van der Waals surface area contributed by atoms with Crippen LogP contribution in [0.3, 0.4) is 0 Å². The average Bonchev–Trinajstić information content (AvgIpc) is 2.63. The Labute approximate surface area is 148 Å². The van der Waals surface area contributed by atoms with Crippen LogP contribution < -0.4 is 15.1 Å². The molecule has 7 heteroatoms. The number of anilines is 3. The van der Waals surface area contributed by atoms with Gasteiger partial charge in [-0.3, -0.25) is 4.79 Å². The number of likely N-dealkylation sites (N-methyl/N-ethyl adjacent to an activating group) is 1. The van der Waals surface area contributed by atoms with Gasteiger partial charge in [0, 0.05) is 57.7 Å². The second-order valence-electron chi connectivity index (χ2n) is 6.45. The Morgan fingerprint density at radius 2 is 1.76 bits per heavy atom. The molecule has 1 N–H and O–H groups in total. The zero-order valence-corrected chi connectivity index (χ0v) is 14.9. The summed E-state index contributed by atoms with van der Waals surface area (Å²) in [5, 5.41) is 2.89. The van der Waals surface area contributed by atoms with E-state index in [1.54, 1.807) is 6.07 Å². The number of benzene rings is 1. The summed E-state index contributed by atoms with van der Waals surface area (Å²) in [6.07, 6.45) is 1.46. The van der Waals surface area contributed by atoms with Crippen LogP contribution in [0.2, 0.25) is 0 Å². The lowest BCUT2D eigenvalue weighted by atomic mass is 10.2. The SMILES string of the molecule is CN1CCN(c2cc(C(=O)Nc3ccc(N(C)C)cc3)ncn2)CC1. The first-order valence-electron chi connectivity index (χ1n) is 8.37. The van der Waals surface area contributed by atoms with Gasteiger partial charge in [0.15, 0.2) is 0 Å². The van der Waals surface area contributed by atoms with Crippen LogP contribution in [0.25, 0.3) is 0 Å². The number of hydrogen-bond acceptors (Lipinski definition) is 6. The van der Waals surface area contributed by atoms with Gasteiger partial charge in [0.2, 0.25) is 0 Å². The Morgan fingerprint density at radius 1 is 1.08 bits per heavy atom. The molecule has 1 aliphatic rings. The van der Waals surface area contributed by atoms with E-state index in [2.05, 4.69) is 32.1 Å². The Bertz CT molecular complexity index is 723. The number of hydrogen-bond donors (Lipinski definition) is 1. The van der Waals surface area contributed by atoms with Gasteiger partial charge in [-0.05, 0) is 31.3 Å². The lowest BCUT2D eigenvalue weighted by Crippen LogP contribution is -2.44. The third kappa shape index (κ3) is 4.24. The minimum Gasteiger partial charge on any atom is -0.378 e. The molecule has 1 amide bonds. The molecular weight excluding hydrogens is 316 g/mol. The Kier molecular flexibility index (Phi) is 5.14. The molecule has 0 saturated carbocycles. The first-order chi connectivity index (χ1) is 12.0. The van der Waals surface area contributed by atoms with Crippen LogP contribution in [0.5, 0.6) is 0 Å². The molecule has 0 unspecified atom stereocenters. The van der Waals surface area contributed by atoms with Crippen molar-refractivity contribution in [2.45, 2.75) is 0 Å². The molecule has 2 aromatic rings. The minimum absolute atomic E-state index is 0.226. The predicted octanol–water partition coefficient (Wildman–Crippen LogP) is 1.55. The van der Waals surface area contributed by atoms with E-state index in [1.165, 1.54) is 6.33 Å². The van der Waals surface area contributed by atoms with E-state index in [1.807, 2.05) is 43.3 Å². The maximum atomic E-state index is 12.5. The quantitative estimate of drug-likeness (QED) is 0.911. The van der Waals surface area contributed by atoms with Crippen LogP contribution in [-0.2, 0) is 0 Å². The molecule has 1 aromatic heterocycles. The lowest BCUT2D eigenvalue weighted by molar-refractivity contribution is 0.102. The van der Waals surface area contributed by atoms with Crippen molar-refractivity contribution in [2.75, 3.05) is 62.4 Å². The monoisotopic (exact) mass is 340 g/mol. The minimum atomic E-state index is -0.226. The molecule has 0 radical (unpaired) electrons. The number of carbonyl (C=O) groups excluding carboxylic acids is 1. The summed E-state index contributed by atoms with van der Waals surface area (Å²) < 4.78 is 0. The second kappa shape index (κ2) is 7.48. The molecule has 3 rings (SSSR count). The van der Waals surface area contributed by atoms with E-state index in [9.17, 15) is 4.79 Å². The van der Waals surface area contributed by atoms with Gasteiger partial charge in [-0.2, -0.15) is 0 Å². The zero-order valence-electron chi connectivity index (χ0n) is 14.9. The molecule has 1 fully saturated rings. The number of piperazine rings is 1. The molecule has 0 bridgehead atoms. The molecular formula is C18H24N6O. The fourth-order valence-corrected chi connectivity index (χ4v) is 2.72. The van der Waals surface area contributed by atoms with Crippen LogP contribution in [0.4, 0.5) is 17.2 Å². The van der Waals surface area contributed by atoms with Gasteiger partial charge < -0.3 is 20.0 Å². The summed E-state index contributed by atoms with van der Waals surface area (Å²) in [7, 11) is 6.07. The second-order valence-corrected chi connectivity index (χ2v) is 6.45. The van der Waals surface area contributed by atoms with Gasteiger partial charge in [-0.15, -0.1) is 0 Å². The lowest BCUT2D eigenvalue weighted by Gasteiger charge is -2.33. The molecule has 0 aliphatic carbocycles. The van der Waals surface area contributed by atoms with Crippen molar-refractivity contribution < 1.29 is 4.79 Å². The number of rotatable bonds is 4. The van der Waals surface area contributed by atoms with Crippen molar-refractivity contribution in [1.82, 2.24) is 14.9 Å². The number of amides is 1. The molecule has 0 atom stereocenters. The van der Waals surface area contributed by atoms with Gasteiger partial charge in [0.25, 0.3) is 5.91 Å². The van der Waals surface area contributed by atoms with E-state index >= 15 is 0 Å². The van der Waals surface area contributed by atoms with Gasteiger partial charge in [-0.25, -0.2) is 9.97 Å². The molecule has 1 aromatic carbocycles. The van der Waals surface area contributed by atoms with Crippen molar-refractivity contribution in [2.24, 2.45) is 0 Å². The van der Waals surface area contributed by atoms with Crippen LogP contribution in [-0.4, -0.2) is 68.1 Å². The molecule has 1 saturated heterocycles. The van der Waals surface area contributed by atoms with Gasteiger partial charge in [0.05, 0.1) is 0 Å². The number of nitrogens with one attached hydrogen (secondary N) is 1. The Hall–Kier alpha value is -2.67. The Morgan fingerprint density at radius 3 is 2.40 bits per heavy atom. The first kappa shape index (κ1) is 17.2. The van der Waals surface area contributed by atoms with Gasteiger partial charge in [-0.1, -0.05) is 0 Å². The summed E-state index contributed by atoms with van der Waals surface area (Å²) in [4.78, 5) is 27.4. The highest BCUT2D eigenvalue weighted by Gasteiger charge is 2.17. The standard InChI is InChI=1S/C18H24N6O/c1-22(2)15-6-4-14(5-7-15)21-18(25)16-12-17(20-13-19-16)24-10-8-23(3)9-11-24/h4-7,12-13H,8-11H2,1-3H3,(H,21,25). The van der Waals surface area contributed by atoms with Crippen molar-refractivity contribution in [3.05, 3.63) is 42.4 Å². The molecule has 1 aliphatic heterocycles. The fraction of sp³-hybridized carbons (Fsp3) is 0.389. The molecule has 0 spiro atoms. The average molecular weight is 340 g/mol. The third-order valence-electron chi connectivity index (χ3n) is 4.35. The summed E-state index contributed by atoms with van der Waals surface area (Å²) in [5.74, 6) is 0.576. The number of aromatic nitrogens is 2. The zero-order chi connectivity index (χ0) is 17.8. The first-order valence-corrected chi connectivity index (χ1v) is 8.37. The summed E-state index contributed by atoms with van der Waals surface area (Å²) in [6.45, 7) is 3.79. The van der Waals surface area contributed by atoms with E-state index < -0.39 is 0 Å². The summed E-state index contributed by atoms with van der Waals surface area (Å²) >= 11 is 0. The van der Waals surface area contributed by atoms with Crippen molar-refractivity contribution in [3.63, 3.8) is 0 Å². The number of carbonyl (C=O) groups is 1. The van der Waals surface area contributed by atoms with E-state index in [-0.39, 0.29) is 5.91 Å². The molecule has 132 valence electrons. The Balaban J connectivity index is 1.68. The molecule has 7 nitrogen and oxygen atoms in total. The highest BCUT2D eigenvalue weighted by Crippen LogP contribution is 2.17. The molecule has 25 heavy (non-hydrogen) atoms. The van der Waals surface area contributed by atoms with Crippen molar-refractivity contribution in [3.8, 4) is 0 Å². The van der Waals surface area contributed by atoms with Gasteiger partial charge in [0.1, 0.15) is 17.8 Å². The van der Waals surface area contributed by atoms with Crippen LogP contribution in [0.15, 0.2) is 36.7 Å². The van der Waals surface area contributed by atoms with Crippen LogP contribution in [0.1, 0.15) is 10.5 Å². The predicted molar refractivity (Wildman–Crippen MR) is 100 cm³/mol. The van der Waals surface area contributed by atoms with E-state index in [4.69, 9.17) is 0 Å². The highest BCUT2D eigenvalue weighted by molar-refractivity contribution is 6.03. The third-order valence-corrected chi connectivity index (χ3v) is 4.35. The topological polar surface area (TPSA) is 64.6 Å². The number of nitrogens with zero attached hydrogens (tertiary/aromatic N) is 5. The van der Waals surface area contributed by atoms with Crippen LogP contribution in [0, 0.1) is 0 Å². The summed E-state index contributed by atoms with van der Waals surface area (Å²) in [6, 6.07) is 9.46. The normalized spacial score (nSPS) is 15.1. The highest BCUT2D eigenvalue weighted by atomic mass is 16.1. The fourth-order valence-electron chi connectivity index (χ4n) is 2.72. The van der Waals surface area contributed by atoms with Crippen LogP contribution >= 0.6 is 0 Å². The maximum absolute atomic E-state index is 12.5. The maximum Gasteiger partial charge on any atom is 0.274 e. The van der Waals surface area contributed by atoms with Crippen molar-refractivity contribution >= 4 is 23.1 Å². The molecule has 2 heterocycles. The summed E-state index contributed by atoms with van der Waals surface area (Å²) in [5.41, 5.74) is 2.20. The van der Waals surface area contributed by atoms with E-state index in [0.29, 0.717) is 5.69 Å².